The Hall–Kier alpha value is -2.70. The first-order valence-corrected chi connectivity index (χ1v) is 10.3. The summed E-state index contributed by atoms with van der Waals surface area (Å²) in [7, 11) is 0. The number of anilines is 2. The normalized spacial score (nSPS) is 18.2. The molecule has 7 heteroatoms. The molecule has 2 aromatic heterocycles. The lowest BCUT2D eigenvalue weighted by atomic mass is 9.96. The standard InChI is InChI=1S/C21H28N6O/c1-16-15-19(25-21(23-16)24-17-7-3-2-4-8-17)26-11-13-27(14-12-26)20(28)18-9-5-6-10-22-18/h5-6,9-10,15,17H,2-4,7-8,11-14H2,1H3,(H,23,24,25). The molecule has 1 aliphatic heterocycles. The van der Waals surface area contributed by atoms with Crippen LogP contribution in [0.15, 0.2) is 30.5 Å². The minimum absolute atomic E-state index is 0.00114. The molecule has 0 bridgehead atoms. The van der Waals surface area contributed by atoms with Crippen molar-refractivity contribution in [2.24, 2.45) is 0 Å². The van der Waals surface area contributed by atoms with Gasteiger partial charge < -0.3 is 15.1 Å². The molecule has 1 saturated carbocycles. The highest BCUT2D eigenvalue weighted by molar-refractivity contribution is 5.92. The van der Waals surface area contributed by atoms with E-state index in [-0.39, 0.29) is 5.91 Å². The Morgan fingerprint density at radius 2 is 1.86 bits per heavy atom. The smallest absolute Gasteiger partial charge is 0.272 e. The Labute approximate surface area is 166 Å². The fraction of sp³-hybridized carbons (Fsp3) is 0.524. The van der Waals surface area contributed by atoms with Crippen LogP contribution in [0.1, 0.15) is 48.3 Å². The van der Waals surface area contributed by atoms with Crippen LogP contribution < -0.4 is 10.2 Å². The second-order valence-electron chi connectivity index (χ2n) is 7.66. The van der Waals surface area contributed by atoms with Crippen LogP contribution in [0.25, 0.3) is 0 Å². The van der Waals surface area contributed by atoms with Crippen molar-refractivity contribution in [2.75, 3.05) is 36.4 Å². The van der Waals surface area contributed by atoms with E-state index < -0.39 is 0 Å². The van der Waals surface area contributed by atoms with Gasteiger partial charge in [0.25, 0.3) is 5.91 Å². The molecule has 1 saturated heterocycles. The SMILES string of the molecule is Cc1cc(N2CCN(C(=O)c3ccccn3)CC2)nc(NC2CCCCC2)n1. The molecule has 1 aliphatic carbocycles. The molecule has 3 heterocycles. The van der Waals surface area contributed by atoms with E-state index in [2.05, 4.69) is 20.2 Å². The minimum Gasteiger partial charge on any atom is -0.353 e. The van der Waals surface area contributed by atoms with Gasteiger partial charge in [0.05, 0.1) is 0 Å². The van der Waals surface area contributed by atoms with Gasteiger partial charge in [-0.3, -0.25) is 9.78 Å². The molecule has 0 spiro atoms. The third-order valence-corrected chi connectivity index (χ3v) is 5.55. The van der Waals surface area contributed by atoms with Crippen molar-refractivity contribution < 1.29 is 4.79 Å². The summed E-state index contributed by atoms with van der Waals surface area (Å²) in [6.45, 7) is 4.88. The molecule has 1 N–H and O–H groups in total. The molecule has 2 fully saturated rings. The maximum Gasteiger partial charge on any atom is 0.272 e. The first-order valence-electron chi connectivity index (χ1n) is 10.3. The van der Waals surface area contributed by atoms with Crippen molar-refractivity contribution in [1.29, 1.82) is 0 Å². The molecular formula is C21H28N6O. The number of pyridine rings is 1. The van der Waals surface area contributed by atoms with Crippen LogP contribution in [0.4, 0.5) is 11.8 Å². The molecule has 4 rings (SSSR count). The Bertz CT molecular complexity index is 798. The van der Waals surface area contributed by atoms with E-state index in [1.807, 2.05) is 30.0 Å². The van der Waals surface area contributed by atoms with E-state index in [0.29, 0.717) is 24.8 Å². The third kappa shape index (κ3) is 4.40. The number of carbonyl (C=O) groups is 1. The van der Waals surface area contributed by atoms with Gasteiger partial charge in [0, 0.05) is 50.2 Å². The van der Waals surface area contributed by atoms with Gasteiger partial charge in [-0.2, -0.15) is 4.98 Å². The number of hydrogen-bond donors (Lipinski definition) is 1. The predicted molar refractivity (Wildman–Crippen MR) is 110 cm³/mol. The zero-order valence-electron chi connectivity index (χ0n) is 16.5. The average molecular weight is 380 g/mol. The molecular weight excluding hydrogens is 352 g/mol. The second-order valence-corrected chi connectivity index (χ2v) is 7.66. The second kappa shape index (κ2) is 8.54. The maximum atomic E-state index is 12.6. The van der Waals surface area contributed by atoms with Crippen molar-refractivity contribution in [3.8, 4) is 0 Å². The molecule has 0 unspecified atom stereocenters. The summed E-state index contributed by atoms with van der Waals surface area (Å²) in [5.41, 5.74) is 1.48. The van der Waals surface area contributed by atoms with Crippen LogP contribution in [0.2, 0.25) is 0 Å². The Kier molecular flexibility index (Phi) is 5.69. The van der Waals surface area contributed by atoms with Gasteiger partial charge in [0.15, 0.2) is 0 Å². The highest BCUT2D eigenvalue weighted by atomic mass is 16.2. The van der Waals surface area contributed by atoms with Gasteiger partial charge in [0.2, 0.25) is 5.95 Å². The molecule has 0 radical (unpaired) electrons. The van der Waals surface area contributed by atoms with Crippen LogP contribution in [0, 0.1) is 6.92 Å². The van der Waals surface area contributed by atoms with Gasteiger partial charge in [0.1, 0.15) is 11.5 Å². The summed E-state index contributed by atoms with van der Waals surface area (Å²) >= 11 is 0. The minimum atomic E-state index is -0.00114. The highest BCUT2D eigenvalue weighted by Crippen LogP contribution is 2.22. The van der Waals surface area contributed by atoms with Gasteiger partial charge in [-0.15, -0.1) is 0 Å². The molecule has 2 aromatic rings. The first kappa shape index (κ1) is 18.7. The van der Waals surface area contributed by atoms with Crippen molar-refractivity contribution in [3.05, 3.63) is 41.9 Å². The molecule has 28 heavy (non-hydrogen) atoms. The zero-order valence-corrected chi connectivity index (χ0v) is 16.5. The first-order chi connectivity index (χ1) is 13.7. The maximum absolute atomic E-state index is 12.6. The van der Waals surface area contributed by atoms with Crippen molar-refractivity contribution >= 4 is 17.7 Å². The Balaban J connectivity index is 1.39. The van der Waals surface area contributed by atoms with Crippen LogP contribution in [0.5, 0.6) is 0 Å². The highest BCUT2D eigenvalue weighted by Gasteiger charge is 2.24. The van der Waals surface area contributed by atoms with Crippen LogP contribution in [0.3, 0.4) is 0 Å². The van der Waals surface area contributed by atoms with E-state index in [4.69, 9.17) is 4.98 Å². The molecule has 0 atom stereocenters. The van der Waals surface area contributed by atoms with Gasteiger partial charge in [-0.05, 0) is 31.9 Å². The number of piperazine rings is 1. The van der Waals surface area contributed by atoms with Crippen molar-refractivity contribution in [2.45, 2.75) is 45.1 Å². The number of aromatic nitrogens is 3. The lowest BCUT2D eigenvalue weighted by Gasteiger charge is -2.35. The fourth-order valence-corrected chi connectivity index (χ4v) is 4.00. The van der Waals surface area contributed by atoms with E-state index in [1.165, 1.54) is 32.1 Å². The van der Waals surface area contributed by atoms with E-state index in [1.54, 1.807) is 12.3 Å². The molecule has 7 nitrogen and oxygen atoms in total. The molecule has 0 aromatic carbocycles. The van der Waals surface area contributed by atoms with Crippen LogP contribution >= 0.6 is 0 Å². The number of carbonyl (C=O) groups excluding carboxylic acids is 1. The average Bonchev–Trinajstić information content (AvgIpc) is 2.74. The van der Waals surface area contributed by atoms with E-state index in [0.717, 1.165) is 30.5 Å². The van der Waals surface area contributed by atoms with E-state index >= 15 is 0 Å². The zero-order chi connectivity index (χ0) is 19.3. The molecule has 1 amide bonds. The monoisotopic (exact) mass is 380 g/mol. The van der Waals surface area contributed by atoms with Crippen LogP contribution in [-0.4, -0.2) is 58.0 Å². The lowest BCUT2D eigenvalue weighted by Crippen LogP contribution is -2.49. The van der Waals surface area contributed by atoms with Crippen molar-refractivity contribution in [1.82, 2.24) is 19.9 Å². The third-order valence-electron chi connectivity index (χ3n) is 5.55. The lowest BCUT2D eigenvalue weighted by molar-refractivity contribution is 0.0740. The van der Waals surface area contributed by atoms with E-state index in [9.17, 15) is 4.79 Å². The summed E-state index contributed by atoms with van der Waals surface area (Å²) < 4.78 is 0. The van der Waals surface area contributed by atoms with Gasteiger partial charge in [-0.25, -0.2) is 4.98 Å². The quantitative estimate of drug-likeness (QED) is 0.879. The number of hydrogen-bond acceptors (Lipinski definition) is 6. The molecule has 148 valence electrons. The largest absolute Gasteiger partial charge is 0.353 e. The molecule has 2 aliphatic rings. The number of nitrogens with zero attached hydrogens (tertiary/aromatic N) is 5. The Morgan fingerprint density at radius 1 is 1.07 bits per heavy atom. The number of nitrogens with one attached hydrogen (secondary N) is 1. The number of rotatable bonds is 4. The summed E-state index contributed by atoms with van der Waals surface area (Å²) in [5, 5.41) is 3.53. The topological polar surface area (TPSA) is 74.2 Å². The summed E-state index contributed by atoms with van der Waals surface area (Å²) in [6.07, 6.45) is 7.95. The number of aryl methyl sites for hydroxylation is 1. The van der Waals surface area contributed by atoms with Crippen LogP contribution in [-0.2, 0) is 0 Å². The summed E-state index contributed by atoms with van der Waals surface area (Å²) in [4.78, 5) is 30.2. The summed E-state index contributed by atoms with van der Waals surface area (Å²) in [6, 6.07) is 7.95. The summed E-state index contributed by atoms with van der Waals surface area (Å²) in [5.74, 6) is 1.67. The number of amides is 1. The fourth-order valence-electron chi connectivity index (χ4n) is 4.00. The Morgan fingerprint density at radius 3 is 2.57 bits per heavy atom. The van der Waals surface area contributed by atoms with Crippen molar-refractivity contribution in [3.63, 3.8) is 0 Å². The predicted octanol–water partition coefficient (Wildman–Crippen LogP) is 2.89. The van der Waals surface area contributed by atoms with Gasteiger partial charge in [-0.1, -0.05) is 25.3 Å². The van der Waals surface area contributed by atoms with Gasteiger partial charge >= 0.3 is 0 Å².